The van der Waals surface area contributed by atoms with Crippen molar-refractivity contribution in [2.45, 2.75) is 35.0 Å². The van der Waals surface area contributed by atoms with Crippen LogP contribution in [0.15, 0.2) is 87.5 Å². The number of hydrogen-bond acceptors (Lipinski definition) is 5. The Kier molecular flexibility index (Phi) is 7.07. The van der Waals surface area contributed by atoms with E-state index in [0.717, 1.165) is 21.2 Å². The molecule has 1 heterocycles. The van der Waals surface area contributed by atoms with Gasteiger partial charge < -0.3 is 10.2 Å². The summed E-state index contributed by atoms with van der Waals surface area (Å²) in [6.07, 6.45) is 0.264. The van der Waals surface area contributed by atoms with Crippen molar-refractivity contribution in [3.8, 4) is 0 Å². The molecule has 0 atom stereocenters. The zero-order valence-corrected chi connectivity index (χ0v) is 20.3. The van der Waals surface area contributed by atoms with Gasteiger partial charge in [-0.1, -0.05) is 55.9 Å². The Morgan fingerprint density at radius 2 is 1.52 bits per heavy atom. The molecule has 8 heteroatoms. The molecule has 0 aliphatic carbocycles. The lowest BCUT2D eigenvalue weighted by molar-refractivity contribution is -0.116. The van der Waals surface area contributed by atoms with Crippen molar-refractivity contribution in [2.24, 2.45) is 0 Å². The number of sulfonamides is 1. The third kappa shape index (κ3) is 4.93. The average molecular weight is 482 g/mol. The number of nitrogens with zero attached hydrogens (tertiary/aromatic N) is 2. The summed E-state index contributed by atoms with van der Waals surface area (Å²) in [6, 6.07) is 22.8. The summed E-state index contributed by atoms with van der Waals surface area (Å²) in [5.74, 6) is -0.166. The molecule has 1 N–H and O–H groups in total. The molecule has 0 spiro atoms. The minimum atomic E-state index is -3.58. The van der Waals surface area contributed by atoms with Crippen LogP contribution in [0.5, 0.6) is 0 Å². The van der Waals surface area contributed by atoms with Gasteiger partial charge in [-0.15, -0.1) is 0 Å². The molecule has 33 heavy (non-hydrogen) atoms. The van der Waals surface area contributed by atoms with Gasteiger partial charge in [-0.2, -0.15) is 4.31 Å². The predicted molar refractivity (Wildman–Crippen MR) is 134 cm³/mol. The zero-order valence-electron chi connectivity index (χ0n) is 18.7. The van der Waals surface area contributed by atoms with Crippen molar-refractivity contribution < 1.29 is 13.2 Å². The molecule has 0 saturated carbocycles. The van der Waals surface area contributed by atoms with Crippen molar-refractivity contribution in [2.75, 3.05) is 29.9 Å². The smallest absolute Gasteiger partial charge is 0.243 e. The fourth-order valence-corrected chi connectivity index (χ4v) is 6.51. The molecule has 6 nitrogen and oxygen atoms in total. The van der Waals surface area contributed by atoms with Gasteiger partial charge in [-0.05, 0) is 42.5 Å². The third-order valence-electron chi connectivity index (χ3n) is 5.56. The number of para-hydroxylation sites is 2. The number of nitrogens with one attached hydrogen (secondary N) is 1. The van der Waals surface area contributed by atoms with E-state index in [1.54, 1.807) is 30.0 Å². The molecule has 3 aromatic rings. The van der Waals surface area contributed by atoms with Gasteiger partial charge in [0.25, 0.3) is 0 Å². The highest BCUT2D eigenvalue weighted by molar-refractivity contribution is 7.99. The second kappa shape index (κ2) is 9.99. The second-order valence-electron chi connectivity index (χ2n) is 7.60. The first kappa shape index (κ1) is 23.4. The molecule has 1 aliphatic rings. The molecule has 0 radical (unpaired) electrons. The molecule has 1 amide bonds. The van der Waals surface area contributed by atoms with Crippen LogP contribution in [0, 0.1) is 0 Å². The van der Waals surface area contributed by atoms with E-state index >= 15 is 0 Å². The van der Waals surface area contributed by atoms with Gasteiger partial charge in [-0.25, -0.2) is 8.42 Å². The maximum Gasteiger partial charge on any atom is 0.243 e. The van der Waals surface area contributed by atoms with Gasteiger partial charge >= 0.3 is 0 Å². The normalized spacial score (nSPS) is 12.9. The van der Waals surface area contributed by atoms with Gasteiger partial charge in [0.05, 0.1) is 16.3 Å². The summed E-state index contributed by atoms with van der Waals surface area (Å²) in [6.45, 7) is 4.92. The van der Waals surface area contributed by atoms with Crippen LogP contribution in [-0.4, -0.2) is 38.3 Å². The number of fused-ring (bicyclic) bond motifs is 2. The standard InChI is InChI=1S/C25H27N3O3S2/c1-3-27(4-2)33(30,31)20-11-9-10-19(18-20)26-25(29)16-17-28-21-12-5-7-14-23(21)32-24-15-8-6-13-22(24)28/h5-15,18H,3-4,16-17H2,1-2H3,(H,26,29). The van der Waals surface area contributed by atoms with E-state index < -0.39 is 10.0 Å². The summed E-state index contributed by atoms with van der Waals surface area (Å²) >= 11 is 1.73. The molecule has 0 bridgehead atoms. The SMILES string of the molecule is CCN(CC)S(=O)(=O)c1cccc(NC(=O)CCN2c3ccccc3Sc3ccccc32)c1. The molecule has 0 saturated heterocycles. The summed E-state index contributed by atoms with van der Waals surface area (Å²) in [5.41, 5.74) is 2.64. The van der Waals surface area contributed by atoms with Crippen LogP contribution in [-0.2, 0) is 14.8 Å². The number of anilines is 3. The van der Waals surface area contributed by atoms with Crippen LogP contribution in [0.25, 0.3) is 0 Å². The molecule has 0 fully saturated rings. The lowest BCUT2D eigenvalue weighted by atomic mass is 10.2. The number of benzene rings is 3. The van der Waals surface area contributed by atoms with Crippen LogP contribution in [0.4, 0.5) is 17.1 Å². The lowest BCUT2D eigenvalue weighted by Gasteiger charge is -2.32. The van der Waals surface area contributed by atoms with Gasteiger partial charge in [0.1, 0.15) is 0 Å². The van der Waals surface area contributed by atoms with Gasteiger partial charge in [0.15, 0.2) is 0 Å². The number of hydrogen-bond donors (Lipinski definition) is 1. The van der Waals surface area contributed by atoms with Crippen molar-refractivity contribution in [3.05, 3.63) is 72.8 Å². The van der Waals surface area contributed by atoms with E-state index in [4.69, 9.17) is 0 Å². The van der Waals surface area contributed by atoms with Crippen LogP contribution < -0.4 is 10.2 Å². The van der Waals surface area contributed by atoms with Crippen molar-refractivity contribution in [1.29, 1.82) is 0 Å². The molecule has 3 aromatic carbocycles. The molecule has 172 valence electrons. The van der Waals surface area contributed by atoms with Crippen molar-refractivity contribution in [3.63, 3.8) is 0 Å². The predicted octanol–water partition coefficient (Wildman–Crippen LogP) is 5.35. The molecule has 0 unspecified atom stereocenters. The molecule has 0 aromatic heterocycles. The minimum Gasteiger partial charge on any atom is -0.339 e. The number of rotatable bonds is 8. The van der Waals surface area contributed by atoms with Crippen LogP contribution in [0.2, 0.25) is 0 Å². The first-order valence-corrected chi connectivity index (χ1v) is 13.2. The minimum absolute atomic E-state index is 0.166. The number of carbonyl (C=O) groups is 1. The van der Waals surface area contributed by atoms with E-state index in [2.05, 4.69) is 34.5 Å². The Morgan fingerprint density at radius 1 is 0.909 bits per heavy atom. The van der Waals surface area contributed by atoms with Gasteiger partial charge in [0.2, 0.25) is 15.9 Å². The Balaban J connectivity index is 1.48. The number of amides is 1. The molecule has 4 rings (SSSR count). The summed E-state index contributed by atoms with van der Waals surface area (Å²) < 4.78 is 27.0. The highest BCUT2D eigenvalue weighted by Crippen LogP contribution is 2.47. The van der Waals surface area contributed by atoms with Crippen LogP contribution >= 0.6 is 11.8 Å². The largest absolute Gasteiger partial charge is 0.339 e. The topological polar surface area (TPSA) is 69.7 Å². The Hall–Kier alpha value is -2.81. The lowest BCUT2D eigenvalue weighted by Crippen LogP contribution is -2.30. The highest BCUT2D eigenvalue weighted by atomic mass is 32.2. The molecular formula is C25H27N3O3S2. The fourth-order valence-electron chi connectivity index (χ4n) is 3.91. The van der Waals surface area contributed by atoms with Crippen LogP contribution in [0.3, 0.4) is 0 Å². The van der Waals surface area contributed by atoms with Crippen molar-refractivity contribution >= 4 is 44.8 Å². The summed E-state index contributed by atoms with van der Waals surface area (Å²) in [4.78, 5) is 17.4. The Bertz CT molecular complexity index is 1210. The maximum absolute atomic E-state index is 12.8. The second-order valence-corrected chi connectivity index (χ2v) is 10.6. The van der Waals surface area contributed by atoms with E-state index in [0.29, 0.717) is 25.3 Å². The average Bonchev–Trinajstić information content (AvgIpc) is 2.82. The summed E-state index contributed by atoms with van der Waals surface area (Å²) in [5, 5.41) is 2.86. The quantitative estimate of drug-likeness (QED) is 0.470. The number of carbonyl (C=O) groups excluding carboxylic acids is 1. The van der Waals surface area contributed by atoms with Gasteiger partial charge in [0, 0.05) is 41.5 Å². The van der Waals surface area contributed by atoms with Gasteiger partial charge in [-0.3, -0.25) is 4.79 Å². The first-order chi connectivity index (χ1) is 15.9. The summed E-state index contributed by atoms with van der Waals surface area (Å²) in [7, 11) is -3.58. The maximum atomic E-state index is 12.8. The van der Waals surface area contributed by atoms with Crippen molar-refractivity contribution in [1.82, 2.24) is 4.31 Å². The molecular weight excluding hydrogens is 454 g/mol. The Morgan fingerprint density at radius 3 is 2.12 bits per heavy atom. The van der Waals surface area contributed by atoms with E-state index in [-0.39, 0.29) is 17.2 Å². The molecule has 1 aliphatic heterocycles. The van der Waals surface area contributed by atoms with E-state index in [1.165, 1.54) is 10.4 Å². The zero-order chi connectivity index (χ0) is 23.4. The third-order valence-corrected chi connectivity index (χ3v) is 8.73. The van der Waals surface area contributed by atoms with E-state index in [1.807, 2.05) is 38.1 Å². The fraction of sp³-hybridized carbons (Fsp3) is 0.240. The first-order valence-electron chi connectivity index (χ1n) is 11.0. The monoisotopic (exact) mass is 481 g/mol. The highest BCUT2D eigenvalue weighted by Gasteiger charge is 2.24. The van der Waals surface area contributed by atoms with Crippen LogP contribution in [0.1, 0.15) is 20.3 Å². The Labute approximate surface area is 199 Å². The van der Waals surface area contributed by atoms with E-state index in [9.17, 15) is 13.2 Å².